The van der Waals surface area contributed by atoms with E-state index < -0.39 is 4.92 Å². The fraction of sp³-hybridized carbons (Fsp3) is 0.278. The maximum absolute atomic E-state index is 12.3. The number of carbonyl (C=O) groups is 1. The number of benzene rings is 2. The van der Waals surface area contributed by atoms with Crippen molar-refractivity contribution >= 4 is 11.6 Å². The second-order valence-corrected chi connectivity index (χ2v) is 5.76. The van der Waals surface area contributed by atoms with Crippen LogP contribution in [0.5, 0.6) is 0 Å². The fourth-order valence-corrected chi connectivity index (χ4v) is 2.53. The molecule has 0 aliphatic rings. The number of para-hydroxylation sites is 1. The van der Waals surface area contributed by atoms with Crippen LogP contribution in [0.2, 0.25) is 0 Å². The molecule has 2 aromatic rings. The molecule has 0 fully saturated rings. The lowest BCUT2D eigenvalue weighted by molar-refractivity contribution is -0.385. The third kappa shape index (κ3) is 4.39. The molecule has 0 radical (unpaired) electrons. The Balaban J connectivity index is 2.13. The minimum Gasteiger partial charge on any atom is -0.349 e. The first-order valence-electron chi connectivity index (χ1n) is 7.55. The van der Waals surface area contributed by atoms with E-state index in [4.69, 9.17) is 0 Å². The molecule has 2 aromatic carbocycles. The highest BCUT2D eigenvalue weighted by Gasteiger charge is 2.20. The molecule has 0 spiro atoms. The molecule has 5 heteroatoms. The number of nitrogens with one attached hydrogen (secondary N) is 1. The third-order valence-corrected chi connectivity index (χ3v) is 3.68. The molecule has 1 N–H and O–H groups in total. The van der Waals surface area contributed by atoms with Crippen LogP contribution in [0.1, 0.15) is 31.0 Å². The van der Waals surface area contributed by atoms with Gasteiger partial charge in [-0.2, -0.15) is 0 Å². The molecule has 1 atom stereocenters. The Bertz CT molecular complexity index is 684. The highest BCUT2D eigenvalue weighted by Crippen LogP contribution is 2.22. The Morgan fingerprint density at radius 1 is 1.09 bits per heavy atom. The standard InChI is InChI=1S/C18H20N2O3/c1-13(2)18(14-8-4-3-5-9-14)19-17(21)12-15-10-6-7-11-16(15)20(22)23/h3-11,13,18H,12H2,1-2H3,(H,19,21). The monoisotopic (exact) mass is 312 g/mol. The van der Waals surface area contributed by atoms with Crippen LogP contribution >= 0.6 is 0 Å². The molecule has 0 aromatic heterocycles. The van der Waals surface area contributed by atoms with Gasteiger partial charge in [0, 0.05) is 11.6 Å². The van der Waals surface area contributed by atoms with E-state index >= 15 is 0 Å². The number of rotatable bonds is 6. The maximum atomic E-state index is 12.3. The van der Waals surface area contributed by atoms with E-state index in [0.29, 0.717) is 5.56 Å². The van der Waals surface area contributed by atoms with Gasteiger partial charge in [-0.05, 0) is 11.5 Å². The molecule has 120 valence electrons. The van der Waals surface area contributed by atoms with Gasteiger partial charge in [0.2, 0.25) is 5.91 Å². The topological polar surface area (TPSA) is 72.2 Å². The second kappa shape index (κ2) is 7.54. The van der Waals surface area contributed by atoms with Gasteiger partial charge in [-0.1, -0.05) is 62.4 Å². The minimum absolute atomic E-state index is 0.00674. The number of nitrogens with zero attached hydrogens (tertiary/aromatic N) is 1. The van der Waals surface area contributed by atoms with Crippen molar-refractivity contribution in [1.82, 2.24) is 5.32 Å². The zero-order chi connectivity index (χ0) is 16.8. The van der Waals surface area contributed by atoms with Gasteiger partial charge < -0.3 is 5.32 Å². The van der Waals surface area contributed by atoms with Crippen LogP contribution in [-0.4, -0.2) is 10.8 Å². The van der Waals surface area contributed by atoms with Crippen molar-refractivity contribution < 1.29 is 9.72 Å². The fourth-order valence-electron chi connectivity index (χ4n) is 2.53. The Kier molecular flexibility index (Phi) is 5.46. The Hall–Kier alpha value is -2.69. The molecular formula is C18H20N2O3. The molecule has 0 saturated carbocycles. The summed E-state index contributed by atoms with van der Waals surface area (Å²) in [4.78, 5) is 22.9. The smallest absolute Gasteiger partial charge is 0.273 e. The van der Waals surface area contributed by atoms with Crippen molar-refractivity contribution in [2.24, 2.45) is 5.92 Å². The number of nitro benzene ring substituents is 1. The molecule has 0 saturated heterocycles. The average Bonchev–Trinajstić information content (AvgIpc) is 2.53. The van der Waals surface area contributed by atoms with Gasteiger partial charge in [0.05, 0.1) is 17.4 Å². The molecular weight excluding hydrogens is 292 g/mol. The van der Waals surface area contributed by atoms with Gasteiger partial charge in [-0.3, -0.25) is 14.9 Å². The lowest BCUT2D eigenvalue weighted by Gasteiger charge is -2.23. The summed E-state index contributed by atoms with van der Waals surface area (Å²) < 4.78 is 0. The summed E-state index contributed by atoms with van der Waals surface area (Å²) in [6, 6.07) is 15.9. The Morgan fingerprint density at radius 2 is 1.70 bits per heavy atom. The van der Waals surface area contributed by atoms with Crippen molar-refractivity contribution in [3.63, 3.8) is 0 Å². The van der Waals surface area contributed by atoms with Crippen LogP contribution in [0.15, 0.2) is 54.6 Å². The van der Waals surface area contributed by atoms with Crippen molar-refractivity contribution in [1.29, 1.82) is 0 Å². The summed E-state index contributed by atoms with van der Waals surface area (Å²) >= 11 is 0. The number of hydrogen-bond acceptors (Lipinski definition) is 3. The number of hydrogen-bond donors (Lipinski definition) is 1. The maximum Gasteiger partial charge on any atom is 0.273 e. The predicted octanol–water partition coefficient (Wildman–Crippen LogP) is 3.65. The van der Waals surface area contributed by atoms with Crippen LogP contribution in [0.4, 0.5) is 5.69 Å². The van der Waals surface area contributed by atoms with Crippen LogP contribution in [0, 0.1) is 16.0 Å². The minimum atomic E-state index is -0.459. The largest absolute Gasteiger partial charge is 0.349 e. The van der Waals surface area contributed by atoms with Crippen molar-refractivity contribution in [2.75, 3.05) is 0 Å². The third-order valence-electron chi connectivity index (χ3n) is 3.68. The average molecular weight is 312 g/mol. The Morgan fingerprint density at radius 3 is 2.30 bits per heavy atom. The van der Waals surface area contributed by atoms with E-state index in [9.17, 15) is 14.9 Å². The van der Waals surface area contributed by atoms with Crippen LogP contribution in [-0.2, 0) is 11.2 Å². The highest BCUT2D eigenvalue weighted by atomic mass is 16.6. The van der Waals surface area contributed by atoms with E-state index in [-0.39, 0.29) is 30.0 Å². The molecule has 0 aliphatic heterocycles. The molecule has 23 heavy (non-hydrogen) atoms. The van der Waals surface area contributed by atoms with Gasteiger partial charge >= 0.3 is 0 Å². The molecule has 0 aliphatic carbocycles. The predicted molar refractivity (Wildman–Crippen MR) is 89.0 cm³/mol. The van der Waals surface area contributed by atoms with Crippen LogP contribution < -0.4 is 5.32 Å². The van der Waals surface area contributed by atoms with Crippen LogP contribution in [0.3, 0.4) is 0 Å². The molecule has 1 amide bonds. The van der Waals surface area contributed by atoms with E-state index in [1.54, 1.807) is 18.2 Å². The summed E-state index contributed by atoms with van der Waals surface area (Å²) in [5.74, 6) is -0.00559. The SMILES string of the molecule is CC(C)C(NC(=O)Cc1ccccc1[N+](=O)[O-])c1ccccc1. The summed E-state index contributed by atoms with van der Waals surface area (Å²) in [6.45, 7) is 4.06. The summed E-state index contributed by atoms with van der Waals surface area (Å²) in [5, 5.41) is 14.0. The summed E-state index contributed by atoms with van der Waals surface area (Å²) in [6.07, 6.45) is -0.00674. The zero-order valence-corrected chi connectivity index (χ0v) is 13.2. The van der Waals surface area contributed by atoms with E-state index in [1.807, 2.05) is 44.2 Å². The quantitative estimate of drug-likeness (QED) is 0.653. The van der Waals surface area contributed by atoms with Gasteiger partial charge in [0.15, 0.2) is 0 Å². The van der Waals surface area contributed by atoms with Gasteiger partial charge in [0.25, 0.3) is 5.69 Å². The lowest BCUT2D eigenvalue weighted by atomic mass is 9.95. The normalized spacial score (nSPS) is 12.0. The summed E-state index contributed by atoms with van der Waals surface area (Å²) in [5.41, 5.74) is 1.42. The first-order valence-corrected chi connectivity index (χ1v) is 7.55. The highest BCUT2D eigenvalue weighted by molar-refractivity contribution is 5.80. The molecule has 1 unspecified atom stereocenters. The first-order chi connectivity index (χ1) is 11.0. The van der Waals surface area contributed by atoms with Crippen LogP contribution in [0.25, 0.3) is 0 Å². The van der Waals surface area contributed by atoms with Crippen molar-refractivity contribution in [2.45, 2.75) is 26.3 Å². The molecule has 5 nitrogen and oxygen atoms in total. The van der Waals surface area contributed by atoms with Gasteiger partial charge in [-0.25, -0.2) is 0 Å². The number of nitro groups is 1. The first kappa shape index (κ1) is 16.7. The summed E-state index contributed by atoms with van der Waals surface area (Å²) in [7, 11) is 0. The van der Waals surface area contributed by atoms with Gasteiger partial charge in [0.1, 0.15) is 0 Å². The van der Waals surface area contributed by atoms with E-state index in [2.05, 4.69) is 5.32 Å². The molecule has 0 bridgehead atoms. The van der Waals surface area contributed by atoms with E-state index in [1.165, 1.54) is 6.07 Å². The number of carbonyl (C=O) groups excluding carboxylic acids is 1. The van der Waals surface area contributed by atoms with Crippen molar-refractivity contribution in [3.8, 4) is 0 Å². The second-order valence-electron chi connectivity index (χ2n) is 5.76. The van der Waals surface area contributed by atoms with Crippen molar-refractivity contribution in [3.05, 3.63) is 75.8 Å². The Labute approximate surface area is 135 Å². The zero-order valence-electron chi connectivity index (χ0n) is 13.2. The molecule has 0 heterocycles. The lowest BCUT2D eigenvalue weighted by Crippen LogP contribution is -2.32. The number of amides is 1. The van der Waals surface area contributed by atoms with Gasteiger partial charge in [-0.15, -0.1) is 0 Å². The van der Waals surface area contributed by atoms with E-state index in [0.717, 1.165) is 5.56 Å². The molecule has 2 rings (SSSR count).